The van der Waals surface area contributed by atoms with E-state index in [9.17, 15) is 43.5 Å². The van der Waals surface area contributed by atoms with Crippen LogP contribution in [0, 0.1) is 30.5 Å². The summed E-state index contributed by atoms with van der Waals surface area (Å²) in [4.78, 5) is 116. The lowest BCUT2D eigenvalue weighted by Gasteiger charge is -2.39. The maximum absolute atomic E-state index is 15.5. The quantitative estimate of drug-likeness (QED) is 0.0570. The van der Waals surface area contributed by atoms with Crippen molar-refractivity contribution in [1.82, 2.24) is 40.5 Å². The average molecular weight is 1130 g/mol. The molecule has 82 heavy (non-hydrogen) atoms. The summed E-state index contributed by atoms with van der Waals surface area (Å²) in [5.41, 5.74) is 4.73. The topological polar surface area (TPSA) is 258 Å². The molecule has 5 N–H and O–H groups in total. The summed E-state index contributed by atoms with van der Waals surface area (Å²) in [6.07, 6.45) is 7.15. The zero-order chi connectivity index (χ0) is 58.9. The lowest BCUT2D eigenvalue weighted by Crippen LogP contribution is -2.54. The van der Waals surface area contributed by atoms with E-state index in [4.69, 9.17) is 19.2 Å². The Morgan fingerprint density at radius 2 is 1.66 bits per heavy atom. The number of halogens is 1. The molecule has 4 aliphatic heterocycles. The van der Waals surface area contributed by atoms with E-state index in [2.05, 4.69) is 27.8 Å². The van der Waals surface area contributed by atoms with E-state index in [0.29, 0.717) is 103 Å². The second-order valence-corrected chi connectivity index (χ2v) is 22.8. The Balaban J connectivity index is 0.764. The average Bonchev–Trinajstić information content (AvgIpc) is 2.62. The van der Waals surface area contributed by atoms with Crippen molar-refractivity contribution in [2.45, 2.75) is 116 Å². The Hall–Kier alpha value is -7.82. The summed E-state index contributed by atoms with van der Waals surface area (Å²) in [5, 5.41) is 24.0. The fourth-order valence-corrected chi connectivity index (χ4v) is 11.7. The Morgan fingerprint density at radius 3 is 2.33 bits per heavy atom. The van der Waals surface area contributed by atoms with Crippen LogP contribution in [0.25, 0.3) is 16.6 Å². The molecule has 2 aliphatic carbocycles. The van der Waals surface area contributed by atoms with Gasteiger partial charge in [-0.1, -0.05) is 39.5 Å². The first-order valence-corrected chi connectivity index (χ1v) is 28.0. The second-order valence-electron chi connectivity index (χ2n) is 22.8. The van der Waals surface area contributed by atoms with Crippen LogP contribution in [0.3, 0.4) is 0 Å². The molecule has 0 unspecified atom stereocenters. The van der Waals surface area contributed by atoms with E-state index in [0.717, 1.165) is 22.1 Å². The van der Waals surface area contributed by atoms with Crippen molar-refractivity contribution >= 4 is 69.8 Å². The van der Waals surface area contributed by atoms with Crippen LogP contribution in [0.4, 0.5) is 14.9 Å². The van der Waals surface area contributed by atoms with Gasteiger partial charge in [0.1, 0.15) is 49.2 Å². The van der Waals surface area contributed by atoms with E-state index in [1.165, 1.54) is 34.9 Å². The summed E-state index contributed by atoms with van der Waals surface area (Å²) in [6, 6.07) is 5.65. The highest BCUT2D eigenvalue weighted by molar-refractivity contribution is 6.13. The maximum atomic E-state index is 15.5. The molecule has 21 nitrogen and oxygen atoms in total. The number of benzene rings is 2. The number of imide groups is 1. The van der Waals surface area contributed by atoms with Gasteiger partial charge in [-0.15, -0.1) is 0 Å². The minimum Gasteiger partial charge on any atom is -0.444 e. The second kappa shape index (κ2) is 24.3. The Bertz CT molecular complexity index is 3200. The minimum atomic E-state index is -1.60. The van der Waals surface area contributed by atoms with Crippen LogP contribution in [0.1, 0.15) is 106 Å². The van der Waals surface area contributed by atoms with Crippen LogP contribution >= 0.6 is 0 Å². The molecule has 3 aromatic rings. The number of esters is 1. The Labute approximate surface area is 475 Å². The molecule has 4 atom stereocenters. The summed E-state index contributed by atoms with van der Waals surface area (Å²) in [5.74, 6) is -3.91. The smallest absolute Gasteiger partial charge is 0.411 e. The molecule has 0 spiro atoms. The number of aryl methyl sites for hydroxylation is 1. The van der Waals surface area contributed by atoms with Gasteiger partial charge in [-0.25, -0.2) is 19.0 Å². The number of aromatic nitrogens is 1. The van der Waals surface area contributed by atoms with Gasteiger partial charge in [-0.3, -0.25) is 38.6 Å². The maximum Gasteiger partial charge on any atom is 0.411 e. The van der Waals surface area contributed by atoms with Gasteiger partial charge in [0.2, 0.25) is 23.6 Å². The highest BCUT2D eigenvalue weighted by Gasteiger charge is 2.48. The van der Waals surface area contributed by atoms with Gasteiger partial charge in [0.15, 0.2) is 0 Å². The fraction of sp³-hybridized carbons (Fsp3) is 0.483. The fourth-order valence-electron chi connectivity index (χ4n) is 11.7. The van der Waals surface area contributed by atoms with E-state index < -0.39 is 65.9 Å². The van der Waals surface area contributed by atoms with E-state index >= 15 is 4.39 Å². The number of nitrogens with zero attached hydrogens (tertiary/aromatic N) is 5. The number of fused-ring (bicyclic) bond motifs is 4. The number of hydrogen-bond donors (Lipinski definition) is 5. The molecule has 22 heteroatoms. The number of carbonyl (C=O) groups is 8. The number of anilines is 1. The number of ether oxygens (including phenoxy) is 3. The van der Waals surface area contributed by atoms with Crippen LogP contribution in [-0.4, -0.2) is 148 Å². The summed E-state index contributed by atoms with van der Waals surface area (Å²) in [7, 11) is 3.70. The monoisotopic (exact) mass is 1130 g/mol. The number of cyclic esters (lactones) is 1. The van der Waals surface area contributed by atoms with Gasteiger partial charge >= 0.3 is 12.1 Å². The number of likely N-dealkylation sites (N-methyl/N-ethyl adjacent to an activating group) is 1. The Morgan fingerprint density at radius 1 is 0.951 bits per heavy atom. The van der Waals surface area contributed by atoms with Crippen molar-refractivity contribution < 1.29 is 62.1 Å². The van der Waals surface area contributed by atoms with Crippen molar-refractivity contribution in [2.24, 2.45) is 17.8 Å². The van der Waals surface area contributed by atoms with Crippen molar-refractivity contribution in [3.8, 4) is 0 Å². The van der Waals surface area contributed by atoms with E-state index in [1.54, 1.807) is 58.0 Å². The van der Waals surface area contributed by atoms with Gasteiger partial charge in [0.05, 0.1) is 35.1 Å². The molecule has 6 aliphatic rings. The highest BCUT2D eigenvalue weighted by Crippen LogP contribution is 2.49. The van der Waals surface area contributed by atoms with Gasteiger partial charge in [0.25, 0.3) is 11.8 Å². The first-order valence-electron chi connectivity index (χ1n) is 28.0. The molecular formula is C60H72FN9O12. The first-order chi connectivity index (χ1) is 39.0. The molecule has 7 amide bonds. The summed E-state index contributed by atoms with van der Waals surface area (Å²) >= 11 is 0. The third-order valence-electron chi connectivity index (χ3n) is 16.6. The number of pyridine rings is 1. The van der Waals surface area contributed by atoms with Gasteiger partial charge in [-0.05, 0) is 125 Å². The van der Waals surface area contributed by atoms with Crippen LogP contribution in [0.15, 0.2) is 72.0 Å². The molecule has 0 radical (unpaired) electrons. The number of rotatable bonds is 20. The standard InChI is InChI=1S/C60H72FN9O12/c1-9-60(79)35(6)82-58(77)41-27-69-28-42-52-45(19-18-40-33(4)44(61)25-46(51(40)52)65-54(42)47(69)24-43(41)60)64-48(71)30-80-31-68(23-22-67(7)8)59(78)81-29-37-12-16-39(17-13-37)63-55(74)34(5)62-57(76)53(32(2)3)66-56(75)38-14-10-36(11-15-38)26-70-49(72)20-21-50(70)73/h12-13,16-17,20-21,24-25,32,34,36,38,45,53,79H,6,9-11,14-15,18-19,22-23,26-31H2,1-5,7-8H3,(H,62,76)(H,63,74)(H,64,71)(H,66,75)/t34-,36?,38?,45-,53-,60+/m0/s1. The molecule has 1 fully saturated rings. The molecule has 5 heterocycles. The normalized spacial score (nSPS) is 21.6. The van der Waals surface area contributed by atoms with Crippen molar-refractivity contribution in [1.29, 1.82) is 0 Å². The van der Waals surface area contributed by atoms with Gasteiger partial charge < -0.3 is 50.4 Å². The summed E-state index contributed by atoms with van der Waals surface area (Å²) < 4.78 is 32.5. The number of aliphatic hydroxyl groups is 1. The lowest BCUT2D eigenvalue weighted by atomic mass is 9.81. The van der Waals surface area contributed by atoms with Crippen LogP contribution < -0.4 is 21.3 Å². The van der Waals surface area contributed by atoms with Crippen molar-refractivity contribution in [3.63, 3.8) is 0 Å². The molecule has 2 aromatic carbocycles. The van der Waals surface area contributed by atoms with Gasteiger partial charge in [-0.2, -0.15) is 0 Å². The molecule has 1 aromatic heterocycles. The predicted molar refractivity (Wildman–Crippen MR) is 299 cm³/mol. The third-order valence-corrected chi connectivity index (χ3v) is 16.6. The van der Waals surface area contributed by atoms with E-state index in [-0.39, 0.29) is 74.1 Å². The largest absolute Gasteiger partial charge is 0.444 e. The SMILES string of the molecule is C=C1OC(=O)C2=C(C=C3c4nc5cc(F)c(C)c6c5c(c4CN3C2)[C@@H](NC(=O)COCN(CCN(C)C)C(=O)OCc2ccc(NC(=O)[C@H](C)NC(=O)[C@@H](NC(=O)C3CCC(CN4C(=O)C=CC4=O)CC3)C(C)C)cc2)CC6)[C@@]1(O)CC. The lowest BCUT2D eigenvalue weighted by molar-refractivity contribution is -0.141. The molecule has 436 valence electrons. The zero-order valence-electron chi connectivity index (χ0n) is 47.4. The Kier molecular flexibility index (Phi) is 17.5. The third kappa shape index (κ3) is 12.2. The molecule has 1 saturated carbocycles. The number of carbonyl (C=O) groups excluding carboxylic acids is 8. The van der Waals surface area contributed by atoms with Crippen LogP contribution in [-0.2, 0) is 67.3 Å². The number of hydrogen-bond acceptors (Lipinski definition) is 15. The predicted octanol–water partition coefficient (Wildman–Crippen LogP) is 4.95. The molecule has 0 bridgehead atoms. The zero-order valence-corrected chi connectivity index (χ0v) is 47.4. The van der Waals surface area contributed by atoms with E-state index in [1.807, 2.05) is 23.9 Å². The van der Waals surface area contributed by atoms with Crippen molar-refractivity contribution in [2.75, 3.05) is 58.9 Å². The molecule has 9 rings (SSSR count). The first kappa shape index (κ1) is 58.8. The highest BCUT2D eigenvalue weighted by atomic mass is 19.1. The number of amides is 7. The number of nitrogens with one attached hydrogen (secondary N) is 4. The molecular weight excluding hydrogens is 1060 g/mol. The minimum absolute atomic E-state index is 0.0529. The van der Waals surface area contributed by atoms with Gasteiger partial charge in [0, 0.05) is 72.5 Å². The molecule has 0 saturated heterocycles. The van der Waals surface area contributed by atoms with Crippen LogP contribution in [0.2, 0.25) is 0 Å². The summed E-state index contributed by atoms with van der Waals surface area (Å²) in [6.45, 7) is 13.2. The van der Waals surface area contributed by atoms with Crippen molar-refractivity contribution in [3.05, 3.63) is 111 Å². The van der Waals surface area contributed by atoms with Crippen LogP contribution in [0.5, 0.6) is 0 Å².